The van der Waals surface area contributed by atoms with Gasteiger partial charge in [-0.2, -0.15) is 18.3 Å². The first-order chi connectivity index (χ1) is 14.5. The molecule has 1 amide bonds. The molecule has 1 saturated heterocycles. The second-order valence-electron chi connectivity index (χ2n) is 10.4. The van der Waals surface area contributed by atoms with Gasteiger partial charge in [0.25, 0.3) is 0 Å². The van der Waals surface area contributed by atoms with E-state index in [1.165, 1.54) is 0 Å². The highest BCUT2D eigenvalue weighted by Gasteiger charge is 2.48. The third kappa shape index (κ3) is 4.62. The summed E-state index contributed by atoms with van der Waals surface area (Å²) in [7, 11) is 0. The van der Waals surface area contributed by atoms with E-state index < -0.39 is 12.2 Å². The van der Waals surface area contributed by atoms with Gasteiger partial charge < -0.3 is 10.2 Å². The number of aromatic nitrogens is 2. The lowest BCUT2D eigenvalue weighted by atomic mass is 9.82. The monoisotopic (exact) mass is 438 g/mol. The van der Waals surface area contributed by atoms with Gasteiger partial charge in [0.2, 0.25) is 5.91 Å². The van der Waals surface area contributed by atoms with Crippen molar-refractivity contribution < 1.29 is 18.0 Å². The molecule has 4 rings (SSSR count). The van der Waals surface area contributed by atoms with Gasteiger partial charge in [-0.1, -0.05) is 32.9 Å². The number of hydrogen-bond acceptors (Lipinski definition) is 3. The van der Waals surface area contributed by atoms with Crippen LogP contribution in [0.2, 0.25) is 0 Å². The molecule has 172 valence electrons. The third-order valence-corrected chi connectivity index (χ3v) is 7.02. The Morgan fingerprint density at radius 1 is 1.19 bits per heavy atom. The Bertz CT molecular complexity index is 839. The molecule has 0 aromatic carbocycles. The number of carbonyl (C=O) groups is 1. The molecule has 0 saturated carbocycles. The minimum atomic E-state index is -4.35. The number of allylic oxidation sites excluding steroid dienone is 2. The van der Waals surface area contributed by atoms with Gasteiger partial charge in [0.1, 0.15) is 5.82 Å². The molecule has 8 heteroatoms. The molecule has 1 aromatic rings. The van der Waals surface area contributed by atoms with Crippen LogP contribution in [0.5, 0.6) is 0 Å². The highest BCUT2D eigenvalue weighted by atomic mass is 19.4. The van der Waals surface area contributed by atoms with Crippen molar-refractivity contribution in [2.45, 2.75) is 83.5 Å². The molecule has 4 atom stereocenters. The fraction of sp³-hybridized carbons (Fsp3) is 0.739. The van der Waals surface area contributed by atoms with Crippen molar-refractivity contribution in [3.63, 3.8) is 0 Å². The van der Waals surface area contributed by atoms with Gasteiger partial charge in [0.15, 0.2) is 6.04 Å². The smallest absolute Gasteiger partial charge is 0.367 e. The minimum absolute atomic E-state index is 0.0290. The van der Waals surface area contributed by atoms with Crippen LogP contribution in [0.3, 0.4) is 0 Å². The number of fused-ring (bicyclic) bond motifs is 1. The Morgan fingerprint density at radius 2 is 1.97 bits per heavy atom. The molecule has 3 heterocycles. The van der Waals surface area contributed by atoms with Crippen LogP contribution in [0.4, 0.5) is 19.0 Å². The molecule has 1 aliphatic carbocycles. The predicted octanol–water partition coefficient (Wildman–Crippen LogP) is 5.28. The van der Waals surface area contributed by atoms with Crippen molar-refractivity contribution in [3.8, 4) is 0 Å². The van der Waals surface area contributed by atoms with Crippen LogP contribution in [0, 0.1) is 11.3 Å². The van der Waals surface area contributed by atoms with Gasteiger partial charge in [0, 0.05) is 37.0 Å². The van der Waals surface area contributed by atoms with E-state index in [9.17, 15) is 18.0 Å². The number of nitrogens with one attached hydrogen (secondary N) is 1. The summed E-state index contributed by atoms with van der Waals surface area (Å²) < 4.78 is 42.7. The van der Waals surface area contributed by atoms with Gasteiger partial charge in [-0.25, -0.2) is 4.68 Å². The Balaban J connectivity index is 1.55. The summed E-state index contributed by atoms with van der Waals surface area (Å²) in [5, 5.41) is 7.73. The highest BCUT2D eigenvalue weighted by Crippen LogP contribution is 2.44. The van der Waals surface area contributed by atoms with E-state index in [0.29, 0.717) is 18.1 Å². The van der Waals surface area contributed by atoms with Gasteiger partial charge in [0.05, 0.1) is 5.69 Å². The van der Waals surface area contributed by atoms with Gasteiger partial charge >= 0.3 is 6.18 Å². The average molecular weight is 439 g/mol. The van der Waals surface area contributed by atoms with Crippen LogP contribution in [0.1, 0.15) is 76.9 Å². The molecule has 0 radical (unpaired) electrons. The zero-order chi connectivity index (χ0) is 22.4. The van der Waals surface area contributed by atoms with Crippen molar-refractivity contribution in [2.75, 3.05) is 18.4 Å². The number of likely N-dealkylation sites (tertiary alicyclic amines) is 1. The summed E-state index contributed by atoms with van der Waals surface area (Å²) in [4.78, 5) is 14.9. The number of nitrogens with zero attached hydrogens (tertiary/aromatic N) is 3. The molecule has 5 nitrogen and oxygen atoms in total. The second kappa shape index (κ2) is 8.17. The van der Waals surface area contributed by atoms with Crippen molar-refractivity contribution >= 4 is 11.7 Å². The maximum atomic E-state index is 13.9. The Labute approximate surface area is 182 Å². The maximum Gasteiger partial charge on any atom is 0.410 e. The van der Waals surface area contributed by atoms with E-state index in [-0.39, 0.29) is 35.6 Å². The summed E-state index contributed by atoms with van der Waals surface area (Å²) >= 11 is 0. The SMILES string of the molecule is CC(C)(C)[C@H]1C[C@H](C(F)(F)F)n2nc([C@@H]3CCCN(C(=O)[C@H]4CC=CCC4)C3)cc2N1. The Hall–Kier alpha value is -1.99. The van der Waals surface area contributed by atoms with Gasteiger partial charge in [-0.05, 0) is 43.9 Å². The van der Waals surface area contributed by atoms with Crippen LogP contribution in [0.25, 0.3) is 0 Å². The standard InChI is InChI=1S/C23H33F3N4O/c1-22(2,3)18-13-19(23(24,25)26)30-20(27-18)12-17(28-30)16-10-7-11-29(14-16)21(31)15-8-5-4-6-9-15/h4-5,12,15-16,18-19,27H,6-11,13-14H2,1-3H3/t15-,16+,18+,19+/m0/s1. The average Bonchev–Trinajstić information content (AvgIpc) is 3.16. The van der Waals surface area contributed by atoms with Crippen molar-refractivity contribution in [1.82, 2.24) is 14.7 Å². The van der Waals surface area contributed by atoms with Gasteiger partial charge in [-0.15, -0.1) is 0 Å². The number of rotatable bonds is 2. The highest BCUT2D eigenvalue weighted by molar-refractivity contribution is 5.79. The Morgan fingerprint density at radius 3 is 2.61 bits per heavy atom. The normalized spacial score (nSPS) is 29.4. The molecule has 1 aromatic heterocycles. The van der Waals surface area contributed by atoms with Gasteiger partial charge in [-0.3, -0.25) is 4.79 Å². The lowest BCUT2D eigenvalue weighted by molar-refractivity contribution is -0.175. The number of carbonyl (C=O) groups excluding carboxylic acids is 1. The Kier molecular flexibility index (Phi) is 5.85. The number of amides is 1. The van der Waals surface area contributed by atoms with E-state index in [1.807, 2.05) is 25.7 Å². The van der Waals surface area contributed by atoms with Crippen LogP contribution < -0.4 is 5.32 Å². The number of hydrogen-bond donors (Lipinski definition) is 1. The zero-order valence-electron chi connectivity index (χ0n) is 18.6. The maximum absolute atomic E-state index is 13.9. The van der Waals surface area contributed by atoms with E-state index in [2.05, 4.69) is 22.6 Å². The summed E-state index contributed by atoms with van der Waals surface area (Å²) in [5.74, 6) is 0.614. The fourth-order valence-electron chi connectivity index (χ4n) is 5.06. The van der Waals surface area contributed by atoms with E-state index in [4.69, 9.17) is 0 Å². The predicted molar refractivity (Wildman–Crippen MR) is 114 cm³/mol. The third-order valence-electron chi connectivity index (χ3n) is 7.02. The van der Waals surface area contributed by atoms with E-state index in [1.54, 1.807) is 6.07 Å². The van der Waals surface area contributed by atoms with E-state index in [0.717, 1.165) is 43.3 Å². The lowest BCUT2D eigenvalue weighted by Gasteiger charge is -2.39. The molecule has 1 fully saturated rings. The second-order valence-corrected chi connectivity index (χ2v) is 10.4. The molecule has 31 heavy (non-hydrogen) atoms. The molecule has 1 N–H and O–H groups in total. The first-order valence-corrected chi connectivity index (χ1v) is 11.4. The quantitative estimate of drug-likeness (QED) is 0.639. The zero-order valence-corrected chi connectivity index (χ0v) is 18.6. The fourth-order valence-corrected chi connectivity index (χ4v) is 5.06. The molecule has 0 bridgehead atoms. The topological polar surface area (TPSA) is 50.2 Å². The number of halogens is 3. The number of anilines is 1. The van der Waals surface area contributed by atoms with E-state index >= 15 is 0 Å². The minimum Gasteiger partial charge on any atom is -0.367 e. The van der Waals surface area contributed by atoms with Crippen molar-refractivity contribution in [1.29, 1.82) is 0 Å². The van der Waals surface area contributed by atoms with Crippen molar-refractivity contribution in [2.24, 2.45) is 11.3 Å². The first-order valence-electron chi connectivity index (χ1n) is 11.4. The molecule has 3 aliphatic rings. The molecule has 2 aliphatic heterocycles. The van der Waals surface area contributed by atoms with Crippen LogP contribution in [0.15, 0.2) is 18.2 Å². The van der Waals surface area contributed by atoms with Crippen molar-refractivity contribution in [3.05, 3.63) is 23.9 Å². The summed E-state index contributed by atoms with van der Waals surface area (Å²) in [5.41, 5.74) is 0.356. The number of piperidine rings is 1. The van der Waals surface area contributed by atoms with Crippen LogP contribution >= 0.6 is 0 Å². The summed E-state index contributed by atoms with van der Waals surface area (Å²) in [6, 6.07) is -0.143. The lowest BCUT2D eigenvalue weighted by Crippen LogP contribution is -2.45. The molecular formula is C23H33F3N4O. The molecule has 0 spiro atoms. The van der Waals surface area contributed by atoms with Crippen LogP contribution in [-0.4, -0.2) is 45.9 Å². The first kappa shape index (κ1) is 22.2. The molecular weight excluding hydrogens is 405 g/mol. The van der Waals surface area contributed by atoms with Crippen LogP contribution in [-0.2, 0) is 4.79 Å². The number of alkyl halides is 3. The summed E-state index contributed by atoms with van der Waals surface area (Å²) in [6.07, 6.45) is 4.08. The molecule has 0 unspecified atom stereocenters. The largest absolute Gasteiger partial charge is 0.410 e. The summed E-state index contributed by atoms with van der Waals surface area (Å²) in [6.45, 7) is 7.12.